The van der Waals surface area contributed by atoms with E-state index >= 15 is 0 Å². The summed E-state index contributed by atoms with van der Waals surface area (Å²) in [6.45, 7) is 4.38. The topological polar surface area (TPSA) is 80.2 Å². The highest BCUT2D eigenvalue weighted by Gasteiger charge is 2.10. The summed E-state index contributed by atoms with van der Waals surface area (Å²) in [6.07, 6.45) is 0.463. The third-order valence-electron chi connectivity index (χ3n) is 3.57. The van der Waals surface area contributed by atoms with Gasteiger partial charge in [-0.25, -0.2) is 0 Å². The lowest BCUT2D eigenvalue weighted by molar-refractivity contribution is -0.120. The average molecular weight is 348 g/mol. The van der Waals surface area contributed by atoms with Crippen molar-refractivity contribution in [1.29, 1.82) is 0 Å². The molecule has 0 saturated heterocycles. The number of halogens is 1. The number of fused-ring (bicyclic) bond motifs is 1. The number of carbonyl (C=O) groups excluding carboxylic acids is 1. The van der Waals surface area contributed by atoms with Crippen molar-refractivity contribution < 1.29 is 14.1 Å². The minimum Gasteiger partial charge on any atom is -0.484 e. The number of rotatable bonds is 6. The molecule has 0 bridgehead atoms. The molecule has 3 aromatic rings. The van der Waals surface area contributed by atoms with Gasteiger partial charge in [0.2, 0.25) is 5.91 Å². The Labute approximate surface area is 144 Å². The Morgan fingerprint density at radius 2 is 2.21 bits per heavy atom. The highest BCUT2D eigenvalue weighted by molar-refractivity contribution is 6.32. The third kappa shape index (κ3) is 3.71. The minimum atomic E-state index is 0.0121. The van der Waals surface area contributed by atoms with Crippen LogP contribution in [0, 0.1) is 6.92 Å². The quantitative estimate of drug-likeness (QED) is 0.712. The summed E-state index contributed by atoms with van der Waals surface area (Å²) in [6, 6.07) is 7.45. The predicted molar refractivity (Wildman–Crippen MR) is 91.0 cm³/mol. The number of ether oxygens (including phenoxy) is 1. The van der Waals surface area contributed by atoms with E-state index in [-0.39, 0.29) is 12.5 Å². The molecule has 6 nitrogen and oxygen atoms in total. The van der Waals surface area contributed by atoms with Gasteiger partial charge in [0.05, 0.1) is 17.3 Å². The number of hydrogen-bond donors (Lipinski definition) is 2. The predicted octanol–water partition coefficient (Wildman–Crippen LogP) is 3.72. The fraction of sp³-hybridized carbons (Fsp3) is 0.294. The molecule has 126 valence electrons. The lowest BCUT2D eigenvalue weighted by Crippen LogP contribution is -2.21. The molecular weight excluding hydrogens is 330 g/mol. The SMILES string of the molecule is CCC(=O)NCc1cc2cc(Cl)c(OCc3cc(C)no3)cc2[nH]1. The van der Waals surface area contributed by atoms with Gasteiger partial charge in [-0.2, -0.15) is 0 Å². The van der Waals surface area contributed by atoms with Crippen LogP contribution in [-0.4, -0.2) is 16.0 Å². The molecule has 0 aliphatic carbocycles. The first-order chi connectivity index (χ1) is 11.5. The van der Waals surface area contributed by atoms with Crippen LogP contribution in [0.5, 0.6) is 5.75 Å². The van der Waals surface area contributed by atoms with Crippen LogP contribution in [0.25, 0.3) is 10.9 Å². The Morgan fingerprint density at radius 3 is 2.92 bits per heavy atom. The van der Waals surface area contributed by atoms with Gasteiger partial charge in [-0.15, -0.1) is 0 Å². The van der Waals surface area contributed by atoms with E-state index in [0.717, 1.165) is 22.3 Å². The van der Waals surface area contributed by atoms with Crippen LogP contribution in [0.1, 0.15) is 30.5 Å². The number of H-pyrrole nitrogens is 1. The second kappa shape index (κ2) is 6.97. The van der Waals surface area contributed by atoms with Crippen molar-refractivity contribution in [1.82, 2.24) is 15.5 Å². The number of aromatic nitrogens is 2. The number of aryl methyl sites for hydroxylation is 1. The molecule has 0 spiro atoms. The van der Waals surface area contributed by atoms with Gasteiger partial charge in [0.25, 0.3) is 0 Å². The maximum absolute atomic E-state index is 11.4. The Hall–Kier alpha value is -2.47. The van der Waals surface area contributed by atoms with Crippen LogP contribution in [0.2, 0.25) is 5.02 Å². The van der Waals surface area contributed by atoms with Gasteiger partial charge in [0.15, 0.2) is 5.76 Å². The van der Waals surface area contributed by atoms with Crippen molar-refractivity contribution in [3.8, 4) is 5.75 Å². The maximum Gasteiger partial charge on any atom is 0.220 e. The van der Waals surface area contributed by atoms with Gasteiger partial charge >= 0.3 is 0 Å². The van der Waals surface area contributed by atoms with Crippen molar-refractivity contribution in [2.24, 2.45) is 0 Å². The second-order valence-electron chi connectivity index (χ2n) is 5.52. The number of nitrogens with one attached hydrogen (secondary N) is 2. The molecule has 24 heavy (non-hydrogen) atoms. The molecule has 1 aromatic carbocycles. The second-order valence-corrected chi connectivity index (χ2v) is 5.93. The fourth-order valence-electron chi connectivity index (χ4n) is 2.35. The fourth-order valence-corrected chi connectivity index (χ4v) is 2.58. The van der Waals surface area contributed by atoms with Crippen molar-refractivity contribution in [3.63, 3.8) is 0 Å². The number of nitrogens with zero attached hydrogens (tertiary/aromatic N) is 1. The average Bonchev–Trinajstić information content (AvgIpc) is 3.15. The van der Waals surface area contributed by atoms with Crippen LogP contribution in [0.3, 0.4) is 0 Å². The van der Waals surface area contributed by atoms with E-state index in [1.54, 1.807) is 0 Å². The monoisotopic (exact) mass is 347 g/mol. The molecule has 1 amide bonds. The van der Waals surface area contributed by atoms with Gasteiger partial charge in [0, 0.05) is 35.2 Å². The molecule has 7 heteroatoms. The number of amides is 1. The molecule has 0 aliphatic heterocycles. The number of hydrogen-bond acceptors (Lipinski definition) is 4. The van der Waals surface area contributed by atoms with Crippen molar-refractivity contribution >= 4 is 28.4 Å². The minimum absolute atomic E-state index is 0.0121. The van der Waals surface area contributed by atoms with Gasteiger partial charge in [0.1, 0.15) is 12.4 Å². The Morgan fingerprint density at radius 1 is 1.38 bits per heavy atom. The van der Waals surface area contributed by atoms with E-state index in [2.05, 4.69) is 15.5 Å². The van der Waals surface area contributed by atoms with E-state index in [1.807, 2.05) is 38.1 Å². The van der Waals surface area contributed by atoms with Crippen molar-refractivity contribution in [2.75, 3.05) is 0 Å². The van der Waals surface area contributed by atoms with E-state index in [4.69, 9.17) is 20.9 Å². The zero-order valence-electron chi connectivity index (χ0n) is 13.5. The van der Waals surface area contributed by atoms with Crippen LogP contribution in [0.15, 0.2) is 28.8 Å². The summed E-state index contributed by atoms with van der Waals surface area (Å²) < 4.78 is 10.8. The highest BCUT2D eigenvalue weighted by Crippen LogP contribution is 2.31. The first kappa shape index (κ1) is 16.4. The number of carbonyl (C=O) groups is 1. The molecule has 0 fully saturated rings. The lowest BCUT2D eigenvalue weighted by Gasteiger charge is -2.06. The van der Waals surface area contributed by atoms with E-state index in [0.29, 0.717) is 29.5 Å². The third-order valence-corrected chi connectivity index (χ3v) is 3.87. The van der Waals surface area contributed by atoms with Crippen LogP contribution in [0.4, 0.5) is 0 Å². The zero-order chi connectivity index (χ0) is 17.1. The molecule has 3 rings (SSSR count). The Kier molecular flexibility index (Phi) is 4.76. The number of benzene rings is 1. The van der Waals surface area contributed by atoms with Gasteiger partial charge in [-0.3, -0.25) is 4.79 Å². The highest BCUT2D eigenvalue weighted by atomic mass is 35.5. The van der Waals surface area contributed by atoms with Crippen molar-refractivity contribution in [3.05, 3.63) is 46.4 Å². The van der Waals surface area contributed by atoms with Gasteiger partial charge in [-0.05, 0) is 19.1 Å². The molecule has 0 aliphatic rings. The first-order valence-corrected chi connectivity index (χ1v) is 8.05. The largest absolute Gasteiger partial charge is 0.484 e. The van der Waals surface area contributed by atoms with Crippen LogP contribution >= 0.6 is 11.6 Å². The molecule has 0 saturated carbocycles. The summed E-state index contributed by atoms with van der Waals surface area (Å²) in [5.74, 6) is 1.21. The number of aromatic amines is 1. The smallest absolute Gasteiger partial charge is 0.220 e. The first-order valence-electron chi connectivity index (χ1n) is 7.68. The summed E-state index contributed by atoms with van der Waals surface area (Å²) in [5.41, 5.74) is 2.60. The van der Waals surface area contributed by atoms with E-state index in [9.17, 15) is 4.79 Å². The Bertz CT molecular complexity index is 869. The standard InChI is InChI=1S/C17H18ClN3O3/c1-3-17(22)19-8-12-5-11-6-14(18)16(7-15(11)20-12)23-9-13-4-10(2)21-24-13/h4-7,20H,3,8-9H2,1-2H3,(H,19,22). The molecule has 0 unspecified atom stereocenters. The molecule has 2 aromatic heterocycles. The summed E-state index contributed by atoms with van der Waals surface area (Å²) >= 11 is 6.28. The Balaban J connectivity index is 1.74. The van der Waals surface area contributed by atoms with E-state index in [1.165, 1.54) is 0 Å². The van der Waals surface area contributed by atoms with Crippen LogP contribution < -0.4 is 10.1 Å². The summed E-state index contributed by atoms with van der Waals surface area (Å²) in [7, 11) is 0. The molecular formula is C17H18ClN3O3. The lowest BCUT2D eigenvalue weighted by atomic mass is 10.2. The van der Waals surface area contributed by atoms with Crippen LogP contribution in [-0.2, 0) is 17.9 Å². The summed E-state index contributed by atoms with van der Waals surface area (Å²) in [4.78, 5) is 14.6. The molecule has 0 atom stereocenters. The molecule has 2 heterocycles. The maximum atomic E-state index is 11.4. The summed E-state index contributed by atoms with van der Waals surface area (Å²) in [5, 5.41) is 8.13. The van der Waals surface area contributed by atoms with Gasteiger partial charge < -0.3 is 19.6 Å². The zero-order valence-corrected chi connectivity index (χ0v) is 14.2. The van der Waals surface area contributed by atoms with E-state index < -0.39 is 0 Å². The molecule has 2 N–H and O–H groups in total. The van der Waals surface area contributed by atoms with Gasteiger partial charge in [-0.1, -0.05) is 23.7 Å². The molecule has 0 radical (unpaired) electrons. The normalized spacial score (nSPS) is 11.0. The van der Waals surface area contributed by atoms with Crippen molar-refractivity contribution in [2.45, 2.75) is 33.4 Å².